The van der Waals surface area contributed by atoms with Gasteiger partial charge in [-0.15, -0.1) is 4.36 Å². The van der Waals surface area contributed by atoms with E-state index in [1.807, 2.05) is 48.5 Å². The van der Waals surface area contributed by atoms with E-state index in [9.17, 15) is 40.1 Å². The first-order chi connectivity index (χ1) is 31.2. The summed E-state index contributed by atoms with van der Waals surface area (Å²) in [7, 11) is -1.38. The average Bonchev–Trinajstić information content (AvgIpc) is 4.01. The van der Waals surface area contributed by atoms with Gasteiger partial charge < -0.3 is 19.5 Å². The SMILES string of the molecule is COc1nc(-c2cccc(-c3cccc4c3CC[C@@H]4Oc3nc(OC)c(CN4CC[C@@H](C(=O)N=S(C)(=O)N(CC(F)(F)F)CC(F)(F)F)C4)cc3Cl)c2Cl)ccc1CNC[C@@H]1CCC(=O)C1. The van der Waals surface area contributed by atoms with Gasteiger partial charge in [-0.2, -0.15) is 35.6 Å². The van der Waals surface area contributed by atoms with Crippen LogP contribution in [0.3, 0.4) is 0 Å². The second-order valence-corrected chi connectivity index (χ2v) is 19.7. The quantitative estimate of drug-likeness (QED) is 0.108. The molecule has 4 aromatic rings. The van der Waals surface area contributed by atoms with Gasteiger partial charge in [0.2, 0.25) is 17.6 Å². The number of hydrogen-bond acceptors (Lipinski definition) is 10. The number of benzene rings is 2. The number of amides is 1. The topological polar surface area (TPSA) is 136 Å². The number of rotatable bonds is 16. The van der Waals surface area contributed by atoms with Crippen LogP contribution in [-0.4, -0.2) is 101 Å². The van der Waals surface area contributed by atoms with Gasteiger partial charge in [0.1, 0.15) is 39.9 Å². The molecule has 2 fully saturated rings. The Morgan fingerprint density at radius 2 is 1.58 bits per heavy atom. The highest BCUT2D eigenvalue weighted by atomic mass is 35.5. The average molecular weight is 986 g/mol. The van der Waals surface area contributed by atoms with E-state index in [-0.39, 0.29) is 40.6 Å². The molecule has 3 heterocycles. The molecule has 7 rings (SSSR count). The van der Waals surface area contributed by atoms with Crippen LogP contribution < -0.4 is 19.5 Å². The second kappa shape index (κ2) is 20.4. The largest absolute Gasteiger partial charge is 0.481 e. The summed E-state index contributed by atoms with van der Waals surface area (Å²) in [5.41, 5.74) is 6.54. The number of nitrogens with one attached hydrogen (secondary N) is 1. The van der Waals surface area contributed by atoms with Gasteiger partial charge in [-0.05, 0) is 73.5 Å². The molecule has 0 bridgehead atoms. The molecule has 21 heteroatoms. The lowest BCUT2D eigenvalue weighted by atomic mass is 9.94. The standard InChI is InChI=1S/C45H48Cl2F6N6O6S/c1-63-41-27(21-54-20-26-10-12-30(60)18-26)11-14-37(55-41)35-9-5-8-34(39(35)47)31-6-4-7-33-32(31)13-15-38(33)65-43-36(46)19-29(42(56-43)64-2)23-58-17-16-28(22-58)40(61)57-66(3,62)59(24-44(48,49)50)25-45(51,52)53/h4-9,11,14,19,26,28,38,54H,10,12-13,15-18,20-25H2,1-3H3/t26-,28-,38+,66?/m1/s1. The molecule has 356 valence electrons. The number of fused-ring (bicyclic) bond motifs is 1. The third kappa shape index (κ3) is 11.9. The van der Waals surface area contributed by atoms with Crippen LogP contribution in [0.25, 0.3) is 22.4 Å². The highest BCUT2D eigenvalue weighted by molar-refractivity contribution is 7.90. The van der Waals surface area contributed by atoms with Crippen LogP contribution in [0.4, 0.5) is 26.3 Å². The first-order valence-corrected chi connectivity index (χ1v) is 23.8. The monoisotopic (exact) mass is 984 g/mol. The van der Waals surface area contributed by atoms with E-state index in [0.29, 0.717) is 78.9 Å². The zero-order valence-corrected chi connectivity index (χ0v) is 38.6. The first-order valence-electron chi connectivity index (χ1n) is 21.2. The van der Waals surface area contributed by atoms with Gasteiger partial charge in [-0.25, -0.2) is 9.19 Å². The summed E-state index contributed by atoms with van der Waals surface area (Å²) in [5.74, 6) is -0.526. The molecule has 12 nitrogen and oxygen atoms in total. The lowest BCUT2D eigenvalue weighted by Gasteiger charge is -2.25. The van der Waals surface area contributed by atoms with E-state index in [1.165, 1.54) is 7.11 Å². The van der Waals surface area contributed by atoms with Crippen molar-refractivity contribution < 1.29 is 54.4 Å². The Bertz CT molecular complexity index is 2580. The van der Waals surface area contributed by atoms with E-state index in [2.05, 4.69) is 14.7 Å². The predicted octanol–water partition coefficient (Wildman–Crippen LogP) is 9.45. The number of aromatic nitrogens is 2. The minimum atomic E-state index is -5.11. The fourth-order valence-electron chi connectivity index (χ4n) is 8.75. The van der Waals surface area contributed by atoms with Gasteiger partial charge in [0.05, 0.1) is 30.9 Å². The number of ketones is 1. The van der Waals surface area contributed by atoms with E-state index >= 15 is 0 Å². The summed E-state index contributed by atoms with van der Waals surface area (Å²) in [6, 6.07) is 17.2. The molecular weight excluding hydrogens is 937 g/mol. The van der Waals surface area contributed by atoms with Gasteiger partial charge in [0, 0.05) is 61.0 Å². The summed E-state index contributed by atoms with van der Waals surface area (Å²) in [6.45, 7) is -2.52. The number of methoxy groups -OCH3 is 2. The number of Topliss-reactive ketones (excluding diaryl/α,β-unsaturated/α-hetero) is 1. The molecule has 2 aromatic carbocycles. The lowest BCUT2D eigenvalue weighted by Crippen LogP contribution is -2.44. The highest BCUT2D eigenvalue weighted by Gasteiger charge is 2.41. The summed E-state index contributed by atoms with van der Waals surface area (Å²) in [5, 5.41) is 4.14. The maximum absolute atomic E-state index is 13.1. The van der Waals surface area contributed by atoms with Crippen molar-refractivity contribution in [3.63, 3.8) is 0 Å². The third-order valence-corrected chi connectivity index (χ3v) is 14.3. The molecule has 2 aliphatic carbocycles. The number of nitrogens with zero attached hydrogens (tertiary/aromatic N) is 5. The Morgan fingerprint density at radius 1 is 0.894 bits per heavy atom. The summed E-state index contributed by atoms with van der Waals surface area (Å²) in [6.07, 6.45) is -6.44. The van der Waals surface area contributed by atoms with Crippen molar-refractivity contribution in [2.24, 2.45) is 16.2 Å². The number of halogens is 8. The zero-order chi connectivity index (χ0) is 47.6. The first kappa shape index (κ1) is 49.4. The molecule has 2 aromatic heterocycles. The number of ether oxygens (including phenoxy) is 3. The lowest BCUT2D eigenvalue weighted by molar-refractivity contribution is -0.164. The maximum Gasteiger partial charge on any atom is 0.402 e. The number of carbonyl (C=O) groups excluding carboxylic acids is 2. The summed E-state index contributed by atoms with van der Waals surface area (Å²) >= 11 is 13.9. The smallest absolute Gasteiger partial charge is 0.402 e. The molecule has 1 unspecified atom stereocenters. The second-order valence-electron chi connectivity index (χ2n) is 16.7. The maximum atomic E-state index is 13.1. The van der Waals surface area contributed by atoms with Gasteiger partial charge >= 0.3 is 12.4 Å². The molecule has 1 N–H and O–H groups in total. The van der Waals surface area contributed by atoms with Gasteiger partial charge in [0.15, 0.2) is 0 Å². The Labute approximate surface area is 388 Å². The van der Waals surface area contributed by atoms with Crippen LogP contribution in [0.5, 0.6) is 17.6 Å². The minimum absolute atomic E-state index is 0.0318. The normalized spacial score (nSPS) is 19.8. The number of alkyl halides is 6. The van der Waals surface area contributed by atoms with E-state index in [0.717, 1.165) is 46.3 Å². The van der Waals surface area contributed by atoms with Crippen LogP contribution in [0, 0.1) is 11.8 Å². The molecule has 4 atom stereocenters. The molecule has 1 aliphatic heterocycles. The Hall–Kier alpha value is -4.53. The highest BCUT2D eigenvalue weighted by Crippen LogP contribution is 2.45. The van der Waals surface area contributed by atoms with Gasteiger partial charge in [-0.1, -0.05) is 65.7 Å². The fourth-order valence-corrected chi connectivity index (χ4v) is 10.7. The molecule has 1 amide bonds. The zero-order valence-electron chi connectivity index (χ0n) is 36.2. The van der Waals surface area contributed by atoms with E-state index in [4.69, 9.17) is 42.4 Å². The van der Waals surface area contributed by atoms with Crippen LogP contribution >= 0.6 is 23.2 Å². The predicted molar refractivity (Wildman–Crippen MR) is 237 cm³/mol. The van der Waals surface area contributed by atoms with Crippen molar-refractivity contribution >= 4 is 44.8 Å². The molecule has 1 saturated heterocycles. The Balaban J connectivity index is 1.02. The van der Waals surface area contributed by atoms with Crippen molar-refractivity contribution in [3.8, 4) is 40.0 Å². The number of carbonyl (C=O) groups is 2. The van der Waals surface area contributed by atoms with E-state index in [1.54, 1.807) is 18.1 Å². The molecule has 0 radical (unpaired) electrons. The number of hydrogen-bond donors (Lipinski definition) is 1. The minimum Gasteiger partial charge on any atom is -0.481 e. The van der Waals surface area contributed by atoms with Crippen molar-refractivity contribution in [1.82, 2.24) is 24.5 Å². The summed E-state index contributed by atoms with van der Waals surface area (Å²) in [4.78, 5) is 35.9. The molecule has 3 aliphatic rings. The van der Waals surface area contributed by atoms with Crippen molar-refractivity contribution in [2.75, 3.05) is 53.2 Å². The van der Waals surface area contributed by atoms with Crippen LogP contribution in [0.1, 0.15) is 60.5 Å². The van der Waals surface area contributed by atoms with Crippen molar-refractivity contribution in [1.29, 1.82) is 0 Å². The Kier molecular flexibility index (Phi) is 15.2. The van der Waals surface area contributed by atoms with Crippen molar-refractivity contribution in [3.05, 3.63) is 86.9 Å². The number of pyridine rings is 2. The van der Waals surface area contributed by atoms with Crippen molar-refractivity contribution in [2.45, 2.75) is 70.1 Å². The number of likely N-dealkylation sites (tertiary alicyclic amines) is 1. The van der Waals surface area contributed by atoms with Crippen LogP contribution in [0.15, 0.2) is 59.0 Å². The summed E-state index contributed by atoms with van der Waals surface area (Å²) < 4.78 is 112. The molecule has 0 spiro atoms. The Morgan fingerprint density at radius 3 is 2.26 bits per heavy atom. The molecule has 66 heavy (non-hydrogen) atoms. The van der Waals surface area contributed by atoms with Gasteiger partial charge in [-0.3, -0.25) is 14.5 Å². The van der Waals surface area contributed by atoms with Gasteiger partial charge in [0.25, 0.3) is 5.91 Å². The van der Waals surface area contributed by atoms with Crippen LogP contribution in [-0.2, 0) is 39.0 Å². The fraction of sp³-hybridized carbons (Fsp3) is 0.467. The van der Waals surface area contributed by atoms with Crippen LogP contribution in [0.2, 0.25) is 10.0 Å². The molecule has 1 saturated carbocycles. The molecular formula is C45H48Cl2F6N6O6S. The third-order valence-electron chi connectivity index (χ3n) is 11.9. The van der Waals surface area contributed by atoms with E-state index < -0.39 is 53.3 Å².